The molecule has 122 valence electrons. The minimum atomic E-state index is -0.213. The van der Waals surface area contributed by atoms with Gasteiger partial charge in [-0.3, -0.25) is 9.59 Å². The average molecular weight is 321 g/mol. The Morgan fingerprint density at radius 1 is 1.12 bits per heavy atom. The molecule has 0 saturated carbocycles. The number of pyridine rings is 1. The van der Waals surface area contributed by atoms with Gasteiger partial charge in [0.15, 0.2) is 0 Å². The van der Waals surface area contributed by atoms with Gasteiger partial charge in [0.1, 0.15) is 0 Å². The van der Waals surface area contributed by atoms with Gasteiger partial charge in [-0.05, 0) is 31.0 Å². The number of carbonyl (C=O) groups excluding carboxylic acids is 1. The Hall–Kier alpha value is -3.08. The molecule has 0 radical (unpaired) electrons. The first-order chi connectivity index (χ1) is 11.6. The lowest BCUT2D eigenvalue weighted by Crippen LogP contribution is -2.28. The Kier molecular flexibility index (Phi) is 4.33. The molecule has 0 atom stereocenters. The highest BCUT2D eigenvalue weighted by molar-refractivity contribution is 6.00. The molecule has 24 heavy (non-hydrogen) atoms. The van der Waals surface area contributed by atoms with E-state index in [1.54, 1.807) is 12.4 Å². The molecular formula is C19H19N3O2. The molecule has 0 unspecified atom stereocenters. The van der Waals surface area contributed by atoms with Gasteiger partial charge in [-0.25, -0.2) is 0 Å². The molecular weight excluding hydrogens is 302 g/mol. The summed E-state index contributed by atoms with van der Waals surface area (Å²) < 4.78 is 0. The lowest BCUT2D eigenvalue weighted by atomic mass is 10.0. The quantitative estimate of drug-likeness (QED) is 0.691. The van der Waals surface area contributed by atoms with E-state index in [2.05, 4.69) is 15.3 Å². The Morgan fingerprint density at radius 2 is 1.88 bits per heavy atom. The van der Waals surface area contributed by atoms with Crippen molar-refractivity contribution in [2.75, 3.05) is 0 Å². The van der Waals surface area contributed by atoms with Crippen molar-refractivity contribution in [3.63, 3.8) is 0 Å². The summed E-state index contributed by atoms with van der Waals surface area (Å²) in [5.74, 6) is -0.213. The van der Waals surface area contributed by atoms with Crippen LogP contribution in [0.2, 0.25) is 0 Å². The predicted octanol–water partition coefficient (Wildman–Crippen LogP) is 2.92. The number of aromatic amines is 2. The van der Waals surface area contributed by atoms with Gasteiger partial charge < -0.3 is 15.3 Å². The number of amides is 1. The first-order valence-corrected chi connectivity index (χ1v) is 7.76. The molecule has 0 spiro atoms. The first-order valence-electron chi connectivity index (χ1n) is 7.76. The summed E-state index contributed by atoms with van der Waals surface area (Å²) in [6.07, 6.45) is 3.47. The summed E-state index contributed by atoms with van der Waals surface area (Å²) in [5.41, 5.74) is 4.45. The van der Waals surface area contributed by atoms with Crippen molar-refractivity contribution >= 4 is 5.91 Å². The molecule has 0 saturated heterocycles. The highest BCUT2D eigenvalue weighted by Gasteiger charge is 2.14. The van der Waals surface area contributed by atoms with Gasteiger partial charge in [0, 0.05) is 35.8 Å². The topological polar surface area (TPSA) is 77.8 Å². The summed E-state index contributed by atoms with van der Waals surface area (Å²) in [7, 11) is 0. The number of aromatic nitrogens is 2. The van der Waals surface area contributed by atoms with Gasteiger partial charge in [-0.1, -0.05) is 30.3 Å². The van der Waals surface area contributed by atoms with Crippen molar-refractivity contribution in [3.05, 3.63) is 81.5 Å². The van der Waals surface area contributed by atoms with E-state index in [0.29, 0.717) is 11.1 Å². The van der Waals surface area contributed by atoms with E-state index in [1.807, 2.05) is 50.2 Å². The van der Waals surface area contributed by atoms with Gasteiger partial charge >= 0.3 is 0 Å². The van der Waals surface area contributed by atoms with Crippen LogP contribution in [0.4, 0.5) is 0 Å². The van der Waals surface area contributed by atoms with Crippen LogP contribution in [0, 0.1) is 13.8 Å². The normalized spacial score (nSPS) is 10.6. The molecule has 0 fully saturated rings. The van der Waals surface area contributed by atoms with E-state index < -0.39 is 0 Å². The third-order valence-corrected chi connectivity index (χ3v) is 3.99. The molecule has 3 rings (SSSR count). The molecule has 0 aliphatic carbocycles. The monoisotopic (exact) mass is 321 g/mol. The SMILES string of the molecule is Cc1cc(C)c(CNC(=O)c2c[nH]cc2-c2ccccc2)c(=O)[nH]1. The largest absolute Gasteiger partial charge is 0.366 e. The summed E-state index contributed by atoms with van der Waals surface area (Å²) in [4.78, 5) is 30.3. The summed E-state index contributed by atoms with van der Waals surface area (Å²) in [6, 6.07) is 11.6. The van der Waals surface area contributed by atoms with Crippen molar-refractivity contribution in [1.82, 2.24) is 15.3 Å². The van der Waals surface area contributed by atoms with Gasteiger partial charge in [-0.2, -0.15) is 0 Å². The van der Waals surface area contributed by atoms with Crippen LogP contribution in [-0.4, -0.2) is 15.9 Å². The smallest absolute Gasteiger partial charge is 0.253 e. The highest BCUT2D eigenvalue weighted by atomic mass is 16.1. The number of hydrogen-bond donors (Lipinski definition) is 3. The predicted molar refractivity (Wildman–Crippen MR) is 93.9 cm³/mol. The van der Waals surface area contributed by atoms with E-state index in [-0.39, 0.29) is 18.0 Å². The molecule has 2 aromatic heterocycles. The van der Waals surface area contributed by atoms with Crippen LogP contribution in [0.3, 0.4) is 0 Å². The second-order valence-corrected chi connectivity index (χ2v) is 5.77. The third kappa shape index (κ3) is 3.15. The van der Waals surface area contributed by atoms with Gasteiger partial charge in [0.05, 0.1) is 5.56 Å². The summed E-state index contributed by atoms with van der Waals surface area (Å²) in [6.45, 7) is 3.90. The lowest BCUT2D eigenvalue weighted by molar-refractivity contribution is 0.0951. The number of hydrogen-bond acceptors (Lipinski definition) is 2. The van der Waals surface area contributed by atoms with E-state index in [4.69, 9.17) is 0 Å². The number of carbonyl (C=O) groups is 1. The molecule has 0 aliphatic heterocycles. The van der Waals surface area contributed by atoms with E-state index >= 15 is 0 Å². The number of nitrogens with one attached hydrogen (secondary N) is 3. The fourth-order valence-electron chi connectivity index (χ4n) is 2.77. The number of aryl methyl sites for hydroxylation is 2. The minimum absolute atomic E-state index is 0.162. The van der Waals surface area contributed by atoms with Crippen molar-refractivity contribution < 1.29 is 4.79 Å². The van der Waals surface area contributed by atoms with Crippen LogP contribution in [0.25, 0.3) is 11.1 Å². The third-order valence-electron chi connectivity index (χ3n) is 3.99. The van der Waals surface area contributed by atoms with Crippen molar-refractivity contribution in [2.45, 2.75) is 20.4 Å². The number of benzene rings is 1. The highest BCUT2D eigenvalue weighted by Crippen LogP contribution is 2.23. The fraction of sp³-hybridized carbons (Fsp3) is 0.158. The number of rotatable bonds is 4. The van der Waals surface area contributed by atoms with Crippen LogP contribution >= 0.6 is 0 Å². The summed E-state index contributed by atoms with van der Waals surface area (Å²) >= 11 is 0. The van der Waals surface area contributed by atoms with E-state index in [9.17, 15) is 9.59 Å². The zero-order chi connectivity index (χ0) is 17.1. The first kappa shape index (κ1) is 15.8. The van der Waals surface area contributed by atoms with Crippen molar-refractivity contribution in [2.24, 2.45) is 0 Å². The maximum absolute atomic E-state index is 12.5. The van der Waals surface area contributed by atoms with Gasteiger partial charge in [0.25, 0.3) is 11.5 Å². The molecule has 3 N–H and O–H groups in total. The van der Waals surface area contributed by atoms with E-state index in [1.165, 1.54) is 0 Å². The minimum Gasteiger partial charge on any atom is -0.366 e. The van der Waals surface area contributed by atoms with Crippen molar-refractivity contribution in [1.29, 1.82) is 0 Å². The Balaban J connectivity index is 1.80. The van der Waals surface area contributed by atoms with Gasteiger partial charge in [0.2, 0.25) is 0 Å². The Bertz CT molecular complexity index is 923. The summed E-state index contributed by atoms with van der Waals surface area (Å²) in [5, 5.41) is 2.83. The second kappa shape index (κ2) is 6.58. The zero-order valence-corrected chi connectivity index (χ0v) is 13.6. The molecule has 3 aromatic rings. The van der Waals surface area contributed by atoms with Crippen LogP contribution in [-0.2, 0) is 6.54 Å². The van der Waals surface area contributed by atoms with Crippen LogP contribution in [0.1, 0.15) is 27.2 Å². The fourth-order valence-corrected chi connectivity index (χ4v) is 2.77. The molecule has 5 heteroatoms. The maximum atomic E-state index is 12.5. The van der Waals surface area contributed by atoms with Crippen LogP contribution in [0.5, 0.6) is 0 Å². The number of H-pyrrole nitrogens is 2. The Morgan fingerprint density at radius 3 is 2.58 bits per heavy atom. The van der Waals surface area contributed by atoms with Crippen LogP contribution in [0.15, 0.2) is 53.6 Å². The second-order valence-electron chi connectivity index (χ2n) is 5.77. The molecule has 2 heterocycles. The van der Waals surface area contributed by atoms with E-state index in [0.717, 1.165) is 22.4 Å². The molecule has 5 nitrogen and oxygen atoms in total. The maximum Gasteiger partial charge on any atom is 0.253 e. The van der Waals surface area contributed by atoms with Crippen molar-refractivity contribution in [3.8, 4) is 11.1 Å². The lowest BCUT2D eigenvalue weighted by Gasteiger charge is -2.09. The zero-order valence-electron chi connectivity index (χ0n) is 13.6. The Labute approximate surface area is 139 Å². The average Bonchev–Trinajstić information content (AvgIpc) is 3.04. The molecule has 1 amide bonds. The standard InChI is InChI=1S/C19H19N3O2/c1-12-8-13(2)22-19(24)15(12)11-21-18(23)17-10-20-9-16(17)14-6-4-3-5-7-14/h3-10,20H,11H2,1-2H3,(H,21,23)(H,22,24). The molecule has 0 bridgehead atoms. The molecule has 0 aliphatic rings. The van der Waals surface area contributed by atoms with Crippen LogP contribution < -0.4 is 10.9 Å². The molecule has 1 aromatic carbocycles. The van der Waals surface area contributed by atoms with Gasteiger partial charge in [-0.15, -0.1) is 0 Å².